The van der Waals surface area contributed by atoms with Crippen molar-refractivity contribution in [3.63, 3.8) is 0 Å². The Balaban J connectivity index is 3.23. The molecule has 4 heteroatoms. The summed E-state index contributed by atoms with van der Waals surface area (Å²) in [5, 5.41) is 9.84. The Hall–Kier alpha value is -1.97. The van der Waals surface area contributed by atoms with Gasteiger partial charge in [-0.2, -0.15) is 0 Å². The first kappa shape index (κ1) is 14.1. The fourth-order valence-electron chi connectivity index (χ4n) is 1.47. The molecule has 1 rings (SSSR count). The van der Waals surface area contributed by atoms with Crippen molar-refractivity contribution < 1.29 is 14.6 Å². The maximum atomic E-state index is 11.0. The molecule has 0 aliphatic heterocycles. The number of esters is 1. The van der Waals surface area contributed by atoms with Crippen LogP contribution in [-0.2, 0) is 14.9 Å². The first-order valence-electron chi connectivity index (χ1n) is 5.64. The van der Waals surface area contributed by atoms with Gasteiger partial charge < -0.3 is 15.6 Å². The zero-order chi connectivity index (χ0) is 13.9. The molecule has 0 aliphatic rings. The summed E-state index contributed by atoms with van der Waals surface area (Å²) in [5.41, 5.74) is 7.46. The minimum absolute atomic E-state index is 0.0249. The van der Waals surface area contributed by atoms with Crippen LogP contribution in [0, 0.1) is 0 Å². The van der Waals surface area contributed by atoms with Gasteiger partial charge in [-0.05, 0) is 29.2 Å². The molecule has 0 aromatic heterocycles. The van der Waals surface area contributed by atoms with E-state index in [9.17, 15) is 9.90 Å². The lowest BCUT2D eigenvalue weighted by Gasteiger charge is -2.20. The van der Waals surface area contributed by atoms with Crippen molar-refractivity contribution in [2.45, 2.75) is 26.2 Å². The van der Waals surface area contributed by atoms with Crippen LogP contribution in [0.25, 0.3) is 6.08 Å². The van der Waals surface area contributed by atoms with E-state index in [1.54, 1.807) is 6.07 Å². The van der Waals surface area contributed by atoms with E-state index in [4.69, 9.17) is 5.73 Å². The minimum atomic E-state index is -0.478. The molecule has 0 spiro atoms. The fraction of sp³-hybridized carbons (Fsp3) is 0.357. The molecule has 0 bridgehead atoms. The molecule has 3 N–H and O–H groups in total. The Labute approximate surface area is 107 Å². The molecule has 0 fully saturated rings. The highest BCUT2D eigenvalue weighted by Gasteiger charge is 2.16. The first-order chi connectivity index (χ1) is 8.25. The van der Waals surface area contributed by atoms with Crippen molar-refractivity contribution >= 4 is 17.7 Å². The number of rotatable bonds is 2. The zero-order valence-corrected chi connectivity index (χ0v) is 11.2. The molecule has 0 heterocycles. The first-order valence-corrected chi connectivity index (χ1v) is 5.64. The van der Waals surface area contributed by atoms with E-state index in [1.165, 1.54) is 19.3 Å². The van der Waals surface area contributed by atoms with Crippen LogP contribution < -0.4 is 5.73 Å². The lowest BCUT2D eigenvalue weighted by Crippen LogP contribution is -2.11. The number of methoxy groups -OCH3 is 1. The summed E-state index contributed by atoms with van der Waals surface area (Å²) in [6.07, 6.45) is 2.74. The van der Waals surface area contributed by atoms with Crippen LogP contribution in [0.4, 0.5) is 5.69 Å². The van der Waals surface area contributed by atoms with E-state index in [-0.39, 0.29) is 11.2 Å². The van der Waals surface area contributed by atoms with Gasteiger partial charge in [-0.1, -0.05) is 20.8 Å². The lowest BCUT2D eigenvalue weighted by atomic mass is 9.85. The van der Waals surface area contributed by atoms with Crippen LogP contribution in [0.2, 0.25) is 0 Å². The number of hydrogen-bond acceptors (Lipinski definition) is 4. The molecule has 1 aromatic rings. The predicted octanol–water partition coefficient (Wildman–Crippen LogP) is 2.46. The van der Waals surface area contributed by atoms with Gasteiger partial charge in [0.1, 0.15) is 5.75 Å². The van der Waals surface area contributed by atoms with Gasteiger partial charge in [-0.3, -0.25) is 0 Å². The SMILES string of the molecule is COC(=O)C=Cc1cc(C(C)(C)C)cc(N)c1O. The molecule has 1 aromatic carbocycles. The molecule has 98 valence electrons. The Bertz CT molecular complexity index is 485. The third kappa shape index (κ3) is 3.26. The maximum absolute atomic E-state index is 11.0. The minimum Gasteiger partial charge on any atom is -0.505 e. The fourth-order valence-corrected chi connectivity index (χ4v) is 1.47. The largest absolute Gasteiger partial charge is 0.505 e. The quantitative estimate of drug-likeness (QED) is 0.365. The number of hydrogen-bond donors (Lipinski definition) is 2. The number of nitrogens with two attached hydrogens (primary N) is 1. The highest BCUT2D eigenvalue weighted by Crippen LogP contribution is 2.33. The van der Waals surface area contributed by atoms with Gasteiger partial charge in [0.2, 0.25) is 0 Å². The van der Waals surface area contributed by atoms with Gasteiger partial charge in [-0.15, -0.1) is 0 Å². The van der Waals surface area contributed by atoms with E-state index >= 15 is 0 Å². The van der Waals surface area contributed by atoms with Crippen LogP contribution in [0.15, 0.2) is 18.2 Å². The Morgan fingerprint density at radius 1 is 1.39 bits per heavy atom. The average molecular weight is 249 g/mol. The third-order valence-electron chi connectivity index (χ3n) is 2.64. The number of phenolic OH excluding ortho intramolecular Hbond substituents is 1. The van der Waals surface area contributed by atoms with E-state index in [0.717, 1.165) is 5.56 Å². The molecule has 0 atom stereocenters. The van der Waals surface area contributed by atoms with Crippen molar-refractivity contribution in [1.82, 2.24) is 0 Å². The summed E-state index contributed by atoms with van der Waals surface area (Å²) >= 11 is 0. The van der Waals surface area contributed by atoms with Gasteiger partial charge in [0.15, 0.2) is 0 Å². The van der Waals surface area contributed by atoms with Crippen LogP contribution in [0.5, 0.6) is 5.75 Å². The Morgan fingerprint density at radius 3 is 2.50 bits per heavy atom. The molecule has 0 amide bonds. The second kappa shape index (κ2) is 5.12. The summed E-state index contributed by atoms with van der Waals surface area (Å²) in [6, 6.07) is 3.55. The number of ether oxygens (including phenoxy) is 1. The maximum Gasteiger partial charge on any atom is 0.330 e. The van der Waals surface area contributed by atoms with Crippen LogP contribution in [0.3, 0.4) is 0 Å². The number of carbonyl (C=O) groups is 1. The van der Waals surface area contributed by atoms with Gasteiger partial charge >= 0.3 is 5.97 Å². The van der Waals surface area contributed by atoms with Crippen LogP contribution in [0.1, 0.15) is 31.9 Å². The number of nitrogen functional groups attached to an aromatic ring is 1. The number of anilines is 1. The summed E-state index contributed by atoms with van der Waals surface area (Å²) in [5.74, 6) is -0.503. The van der Waals surface area contributed by atoms with Crippen LogP contribution >= 0.6 is 0 Å². The van der Waals surface area contributed by atoms with Gasteiger partial charge in [0, 0.05) is 11.6 Å². The second-order valence-electron chi connectivity index (χ2n) is 5.11. The lowest BCUT2D eigenvalue weighted by molar-refractivity contribution is -0.134. The molecule has 0 saturated heterocycles. The van der Waals surface area contributed by atoms with Gasteiger partial charge in [0.05, 0.1) is 12.8 Å². The van der Waals surface area contributed by atoms with Crippen molar-refractivity contribution in [2.24, 2.45) is 0 Å². The Kier molecular flexibility index (Phi) is 4.01. The molecule has 0 unspecified atom stereocenters. The summed E-state index contributed by atoms with van der Waals surface area (Å²) in [6.45, 7) is 6.14. The van der Waals surface area contributed by atoms with Crippen molar-refractivity contribution in [1.29, 1.82) is 0 Å². The standard InChI is InChI=1S/C14H19NO3/c1-14(2,3)10-7-9(5-6-12(16)18-4)13(17)11(15)8-10/h5-8,17H,15H2,1-4H3. The summed E-state index contributed by atoms with van der Waals surface area (Å²) < 4.78 is 4.50. The van der Waals surface area contributed by atoms with Crippen LogP contribution in [-0.4, -0.2) is 18.2 Å². The van der Waals surface area contributed by atoms with Crippen molar-refractivity contribution in [3.05, 3.63) is 29.3 Å². The zero-order valence-electron chi connectivity index (χ0n) is 11.2. The van der Waals surface area contributed by atoms with Gasteiger partial charge in [0.25, 0.3) is 0 Å². The second-order valence-corrected chi connectivity index (χ2v) is 5.11. The monoisotopic (exact) mass is 249 g/mol. The van der Waals surface area contributed by atoms with Crippen molar-refractivity contribution in [3.8, 4) is 5.75 Å². The molecular weight excluding hydrogens is 230 g/mol. The molecular formula is C14H19NO3. The third-order valence-corrected chi connectivity index (χ3v) is 2.64. The molecule has 0 saturated carbocycles. The number of aromatic hydroxyl groups is 1. The molecule has 4 nitrogen and oxygen atoms in total. The predicted molar refractivity (Wildman–Crippen MR) is 72.3 cm³/mol. The number of phenols is 1. The molecule has 18 heavy (non-hydrogen) atoms. The summed E-state index contributed by atoms with van der Waals surface area (Å²) in [4.78, 5) is 11.0. The van der Waals surface area contributed by atoms with E-state index in [1.807, 2.05) is 26.8 Å². The normalized spacial score (nSPS) is 11.8. The average Bonchev–Trinajstić information content (AvgIpc) is 2.28. The topological polar surface area (TPSA) is 72.5 Å². The van der Waals surface area contributed by atoms with Gasteiger partial charge in [-0.25, -0.2) is 4.79 Å². The molecule has 0 aliphatic carbocycles. The smallest absolute Gasteiger partial charge is 0.330 e. The van der Waals surface area contributed by atoms with Crippen molar-refractivity contribution in [2.75, 3.05) is 12.8 Å². The van der Waals surface area contributed by atoms with E-state index in [0.29, 0.717) is 11.3 Å². The number of benzene rings is 1. The summed E-state index contributed by atoms with van der Waals surface area (Å²) in [7, 11) is 1.30. The Morgan fingerprint density at radius 2 is 2.00 bits per heavy atom. The molecule has 0 radical (unpaired) electrons. The highest BCUT2D eigenvalue weighted by atomic mass is 16.5. The van der Waals surface area contributed by atoms with E-state index < -0.39 is 5.97 Å². The number of carbonyl (C=O) groups excluding carboxylic acids is 1. The highest BCUT2D eigenvalue weighted by molar-refractivity contribution is 5.88. The van der Waals surface area contributed by atoms with E-state index in [2.05, 4.69) is 4.74 Å².